The van der Waals surface area contributed by atoms with Crippen LogP contribution in [0, 0.1) is 0 Å². The number of phosphoric acid groups is 1. The molecule has 38 nitrogen and oxygen atoms in total. The van der Waals surface area contributed by atoms with Crippen molar-refractivity contribution in [2.24, 2.45) is 0 Å². The van der Waals surface area contributed by atoms with Crippen LogP contribution in [0.25, 0.3) is 0 Å². The van der Waals surface area contributed by atoms with Crippen LogP contribution in [0.2, 0.25) is 0 Å². The number of carbonyl (C=O) groups excluding carboxylic acids is 2. The highest BCUT2D eigenvalue weighted by molar-refractivity contribution is 7.47. The van der Waals surface area contributed by atoms with Crippen LogP contribution in [0.4, 0.5) is 0 Å². The second-order valence-corrected chi connectivity index (χ2v) is 32.5. The van der Waals surface area contributed by atoms with Gasteiger partial charge in [0.15, 0.2) is 37.6 Å². The van der Waals surface area contributed by atoms with Gasteiger partial charge in [0.05, 0.1) is 39.6 Å². The fourth-order valence-electron chi connectivity index (χ4n) is 14.6. The zero-order chi connectivity index (χ0) is 84.3. The average molecular weight is 1690 g/mol. The third kappa shape index (κ3) is 32.3. The largest absolute Gasteiger partial charge is 0.472 e. The molecule has 0 aromatic heterocycles. The van der Waals surface area contributed by atoms with Gasteiger partial charge >= 0.3 is 19.8 Å². The maximum absolute atomic E-state index is 14.5. The summed E-state index contributed by atoms with van der Waals surface area (Å²) in [5.41, 5.74) is 0. The molecular weight excluding hydrogens is 1550 g/mol. The Kier molecular flexibility index (Phi) is 47.2. The van der Waals surface area contributed by atoms with Crippen LogP contribution < -0.4 is 0 Å². The van der Waals surface area contributed by atoms with E-state index in [1.54, 1.807) is 0 Å². The van der Waals surface area contributed by atoms with E-state index < -0.39 is 262 Å². The number of aliphatic hydroxyl groups is 20. The van der Waals surface area contributed by atoms with Crippen molar-refractivity contribution in [3.05, 3.63) is 12.2 Å². The second kappa shape index (κ2) is 53.6. The topological polar surface area (TPSA) is 605 Å². The summed E-state index contributed by atoms with van der Waals surface area (Å²) < 4.78 is 93.0. The van der Waals surface area contributed by atoms with Crippen LogP contribution in [0.3, 0.4) is 0 Å². The molecule has 0 aromatic carbocycles. The highest BCUT2D eigenvalue weighted by Gasteiger charge is 2.59. The number of hydrogen-bond donors (Lipinski definition) is 21. The summed E-state index contributed by atoms with van der Waals surface area (Å²) in [6.45, 7) is -1.88. The molecule has 0 spiro atoms. The molecule has 6 rings (SSSR count). The number of carbonyl (C=O) groups is 2. The summed E-state index contributed by atoms with van der Waals surface area (Å²) in [6, 6.07) is 0. The minimum atomic E-state index is -5.86. The minimum Gasteiger partial charge on any atom is -0.462 e. The normalized spacial score (nSPS) is 37.5. The lowest BCUT2D eigenvalue weighted by Crippen LogP contribution is -2.69. The van der Waals surface area contributed by atoms with Gasteiger partial charge in [-0.2, -0.15) is 0 Å². The summed E-state index contributed by atoms with van der Waals surface area (Å²) in [5.74, 6) is -1.48. The molecule has 5 aliphatic heterocycles. The maximum atomic E-state index is 14.5. The van der Waals surface area contributed by atoms with E-state index in [4.69, 9.17) is 65.9 Å². The Morgan fingerprint density at radius 2 is 0.626 bits per heavy atom. The number of allylic oxidation sites excluding steroid dienone is 2. The molecular formula is C76H137O38P. The van der Waals surface area contributed by atoms with E-state index in [0.29, 0.717) is 25.7 Å². The van der Waals surface area contributed by atoms with E-state index in [9.17, 15) is 121 Å². The number of unbranched alkanes of at least 4 members (excludes halogenated alkanes) is 26. The van der Waals surface area contributed by atoms with Crippen molar-refractivity contribution in [2.75, 3.05) is 46.2 Å². The fraction of sp³-hybridized carbons (Fsp3) is 0.947. The Morgan fingerprint density at radius 1 is 0.339 bits per heavy atom. The van der Waals surface area contributed by atoms with Crippen LogP contribution in [0.15, 0.2) is 12.2 Å². The van der Waals surface area contributed by atoms with Gasteiger partial charge in [0, 0.05) is 12.8 Å². The van der Waals surface area contributed by atoms with Gasteiger partial charge in [-0.15, -0.1) is 0 Å². The molecule has 0 amide bonds. The first-order valence-corrected chi connectivity index (χ1v) is 43.1. The Labute approximate surface area is 672 Å². The summed E-state index contributed by atoms with van der Waals surface area (Å²) in [7, 11) is -5.86. The maximum Gasteiger partial charge on any atom is 0.472 e. The van der Waals surface area contributed by atoms with Crippen LogP contribution in [-0.4, -0.2) is 361 Å². The van der Waals surface area contributed by atoms with Crippen LogP contribution >= 0.6 is 7.82 Å². The molecule has 1 saturated carbocycles. The Balaban J connectivity index is 1.12. The second-order valence-electron chi connectivity index (χ2n) is 31.1. The van der Waals surface area contributed by atoms with Gasteiger partial charge in [0.25, 0.3) is 0 Å². The average Bonchev–Trinajstić information content (AvgIpc) is 0.759. The molecule has 33 atom stereocenters. The highest BCUT2D eigenvalue weighted by atomic mass is 31.2. The highest BCUT2D eigenvalue weighted by Crippen LogP contribution is 2.49. The zero-order valence-electron chi connectivity index (χ0n) is 66.3. The molecule has 6 fully saturated rings. The van der Waals surface area contributed by atoms with Gasteiger partial charge < -0.3 is 164 Å². The third-order valence-corrected chi connectivity index (χ3v) is 22.8. The standard InChI is InChI=1S/C76H137O38P/c1-3-5-7-9-11-13-15-17-19-21-22-24-26-28-30-32-34-49(79)101-38-43(106-50(80)35-33-31-29-27-25-23-20-18-16-14-12-10-8-6-4-2)39-105-115(99,100)114-71-69(112-75-67(97)57(87)52(82)45(37-78)108-75)62(92)61(91)63(93)70(71)113-76-68(98)60(90)55(85)48(111-76)42-104-74-66(96)59(89)54(84)47(110-74)41-103-73-65(95)58(88)53(83)46(109-73)40-102-72-64(94)56(86)51(81)44(36-77)107-72/h19,21,43-48,51-78,81-98H,3-18,20,22-42H2,1-2H3,(H,99,100)/b21-19-/t43-,44?,45?,46?,47?,48?,51+,52-,53+,54+,55+,56?,57?,58?,59?,60?,61+,62?,63?,64+,65+,66+,67-,68+,69-,70?,71+,72-,73-,74-,75-,76+/m1/s1. The van der Waals surface area contributed by atoms with Crippen molar-refractivity contribution in [1.82, 2.24) is 0 Å². The number of aliphatic hydroxyl groups excluding tert-OH is 20. The van der Waals surface area contributed by atoms with Crippen molar-refractivity contribution in [3.8, 4) is 0 Å². The van der Waals surface area contributed by atoms with Crippen LogP contribution in [-0.2, 0) is 80.0 Å². The lowest BCUT2D eigenvalue weighted by Gasteiger charge is -2.49. The molecule has 5 saturated heterocycles. The first-order valence-electron chi connectivity index (χ1n) is 41.6. The van der Waals surface area contributed by atoms with Crippen molar-refractivity contribution in [1.29, 1.82) is 0 Å². The van der Waals surface area contributed by atoms with Gasteiger partial charge in [0.2, 0.25) is 0 Å². The number of esters is 2. The number of phosphoric ester groups is 1. The van der Waals surface area contributed by atoms with Crippen LogP contribution in [0.1, 0.15) is 213 Å². The Morgan fingerprint density at radius 3 is 0.983 bits per heavy atom. The van der Waals surface area contributed by atoms with Crippen LogP contribution in [0.5, 0.6) is 0 Å². The summed E-state index contributed by atoms with van der Waals surface area (Å²) in [5, 5.41) is 217. The minimum absolute atomic E-state index is 0.0283. The van der Waals surface area contributed by atoms with Crippen molar-refractivity contribution in [3.63, 3.8) is 0 Å². The molecule has 39 heteroatoms. The van der Waals surface area contributed by atoms with E-state index in [2.05, 4.69) is 26.0 Å². The monoisotopic (exact) mass is 1690 g/mol. The number of ether oxygens (including phenoxy) is 12. The fourth-order valence-corrected chi connectivity index (χ4v) is 15.5. The van der Waals surface area contributed by atoms with E-state index in [-0.39, 0.29) is 12.8 Å². The molecule has 674 valence electrons. The van der Waals surface area contributed by atoms with Gasteiger partial charge in [-0.1, -0.05) is 174 Å². The smallest absolute Gasteiger partial charge is 0.462 e. The third-order valence-electron chi connectivity index (χ3n) is 21.9. The van der Waals surface area contributed by atoms with Gasteiger partial charge in [-0.3, -0.25) is 18.6 Å². The van der Waals surface area contributed by atoms with Gasteiger partial charge in [0.1, 0.15) is 165 Å². The van der Waals surface area contributed by atoms with E-state index >= 15 is 0 Å². The van der Waals surface area contributed by atoms with E-state index in [1.165, 1.54) is 96.3 Å². The Hall–Kier alpha value is -2.41. The molecule has 0 radical (unpaired) electrons. The first kappa shape index (κ1) is 101. The van der Waals surface area contributed by atoms with Gasteiger partial charge in [-0.25, -0.2) is 4.57 Å². The number of rotatable bonds is 55. The van der Waals surface area contributed by atoms with E-state index in [0.717, 1.165) is 64.2 Å². The SMILES string of the molecule is CCCCCCCCC/C=C\CCCCCCCC(=O)OC[C@H](COP(=O)(O)O[C@@H]1C(O[C@@H]2OC(CO[C@@H]3OC(CO[C@@H]4OC(CO[C@@H]5OC(CO)[C@H](O)C(O)[C@@H]5O)[C@H](O)C(O)[C@@H]4O)[C@H](O)C(O)[C@@H]3O)[C@H](O)C(O)[C@@H]2O)C(O)[C@@H](O)C(O)[C@H]1O[C@H]1OC(CO)[C@@H](O)C(O)[C@H]1O)OC(=O)CCCCCCCCCCCCCCCCC. The lowest BCUT2D eigenvalue weighted by molar-refractivity contribution is -0.365. The first-order chi connectivity index (χ1) is 55.0. The molecule has 0 aromatic rings. The Bertz CT molecular complexity index is 2700. The summed E-state index contributed by atoms with van der Waals surface area (Å²) in [6.07, 6.45) is -31.5. The summed E-state index contributed by atoms with van der Waals surface area (Å²) in [4.78, 5) is 38.4. The molecule has 5 heterocycles. The molecule has 0 bridgehead atoms. The summed E-state index contributed by atoms with van der Waals surface area (Å²) >= 11 is 0. The zero-order valence-corrected chi connectivity index (χ0v) is 67.2. The quantitative estimate of drug-likeness (QED) is 0.0144. The van der Waals surface area contributed by atoms with Crippen molar-refractivity contribution >= 4 is 19.8 Å². The van der Waals surface area contributed by atoms with Crippen molar-refractivity contribution in [2.45, 2.75) is 409 Å². The number of hydrogen-bond acceptors (Lipinski definition) is 37. The van der Waals surface area contributed by atoms with E-state index in [1.807, 2.05) is 0 Å². The lowest BCUT2D eigenvalue weighted by atomic mass is 9.84. The molecule has 21 N–H and O–H groups in total. The predicted molar refractivity (Wildman–Crippen MR) is 398 cm³/mol. The molecule has 6 aliphatic rings. The predicted octanol–water partition coefficient (Wildman–Crippen LogP) is -1.43. The molecule has 1 aliphatic carbocycles. The molecule has 115 heavy (non-hydrogen) atoms. The molecule has 14 unspecified atom stereocenters. The van der Waals surface area contributed by atoms with Gasteiger partial charge in [-0.05, 0) is 38.5 Å². The van der Waals surface area contributed by atoms with Crippen molar-refractivity contribution < 1.29 is 187 Å².